The van der Waals surface area contributed by atoms with E-state index in [0.29, 0.717) is 11.5 Å². The zero-order valence-electron chi connectivity index (χ0n) is 16.6. The van der Waals surface area contributed by atoms with Crippen molar-refractivity contribution >= 4 is 5.91 Å². The fraction of sp³-hybridized carbons (Fsp3) is 0.667. The van der Waals surface area contributed by atoms with Crippen LogP contribution in [0, 0.1) is 6.92 Å². The van der Waals surface area contributed by atoms with Crippen LogP contribution in [0.5, 0.6) is 11.5 Å². The molecular formula is C21H32N2O3. The first-order valence-electron chi connectivity index (χ1n) is 9.74. The van der Waals surface area contributed by atoms with Crippen molar-refractivity contribution in [1.29, 1.82) is 0 Å². The van der Waals surface area contributed by atoms with Crippen LogP contribution in [0.1, 0.15) is 44.6 Å². The van der Waals surface area contributed by atoms with E-state index in [0.717, 1.165) is 37.9 Å². The van der Waals surface area contributed by atoms with Crippen molar-refractivity contribution in [2.75, 3.05) is 33.9 Å². The van der Waals surface area contributed by atoms with Crippen molar-refractivity contribution in [3.05, 3.63) is 23.8 Å². The number of likely N-dealkylation sites (tertiary alicyclic amines) is 2. The lowest BCUT2D eigenvalue weighted by Crippen LogP contribution is -2.63. The summed E-state index contributed by atoms with van der Waals surface area (Å²) in [6.45, 7) is 6.35. The molecule has 2 fully saturated rings. The molecule has 144 valence electrons. The summed E-state index contributed by atoms with van der Waals surface area (Å²) in [6.07, 6.45) is 5.69. The van der Waals surface area contributed by atoms with Gasteiger partial charge < -0.3 is 14.4 Å². The van der Waals surface area contributed by atoms with E-state index in [2.05, 4.69) is 23.8 Å². The van der Waals surface area contributed by atoms with Gasteiger partial charge in [-0.05, 0) is 70.8 Å². The van der Waals surface area contributed by atoms with Crippen molar-refractivity contribution < 1.29 is 14.3 Å². The number of amides is 1. The number of nitrogens with zero attached hydrogens (tertiary/aromatic N) is 2. The summed E-state index contributed by atoms with van der Waals surface area (Å²) in [5, 5.41) is 0. The zero-order valence-corrected chi connectivity index (χ0v) is 16.6. The molecule has 0 bridgehead atoms. The molecule has 0 aromatic heterocycles. The lowest BCUT2D eigenvalue weighted by atomic mass is 9.80. The third-order valence-corrected chi connectivity index (χ3v) is 6.26. The number of carbonyl (C=O) groups is 1. The molecule has 0 aliphatic carbocycles. The summed E-state index contributed by atoms with van der Waals surface area (Å²) in [6, 6.07) is 6.06. The van der Waals surface area contributed by atoms with Crippen molar-refractivity contribution in [3.63, 3.8) is 0 Å². The number of ether oxygens (including phenoxy) is 2. The highest BCUT2D eigenvalue weighted by molar-refractivity contribution is 5.78. The van der Waals surface area contributed by atoms with E-state index in [1.165, 1.54) is 12.8 Å². The molecule has 3 rings (SSSR count). The van der Waals surface area contributed by atoms with Crippen LogP contribution in [-0.4, -0.2) is 61.1 Å². The molecular weight excluding hydrogens is 328 g/mol. The Hall–Kier alpha value is -1.75. The Bertz CT molecular complexity index is 648. The van der Waals surface area contributed by atoms with Crippen LogP contribution >= 0.6 is 0 Å². The number of hydrogen-bond acceptors (Lipinski definition) is 4. The van der Waals surface area contributed by atoms with Gasteiger partial charge in [0.2, 0.25) is 0 Å². The Morgan fingerprint density at radius 2 is 2.04 bits per heavy atom. The fourth-order valence-electron chi connectivity index (χ4n) is 4.53. The highest BCUT2D eigenvalue weighted by Crippen LogP contribution is 2.37. The van der Waals surface area contributed by atoms with Gasteiger partial charge in [0.25, 0.3) is 5.91 Å². The topological polar surface area (TPSA) is 42.0 Å². The lowest BCUT2D eigenvalue weighted by Gasteiger charge is -2.51. The SMILES string of the molecule is COc1cc(C)ccc1OCC(=O)N1CCC[C@@]2(C)[C@@H]1CCCCN2C. The van der Waals surface area contributed by atoms with Gasteiger partial charge in [0.1, 0.15) is 0 Å². The molecule has 1 aromatic rings. The average Bonchev–Trinajstić information content (AvgIpc) is 2.78. The minimum atomic E-state index is 0.0652. The molecule has 2 aliphatic heterocycles. The van der Waals surface area contributed by atoms with E-state index in [1.807, 2.05) is 25.1 Å². The van der Waals surface area contributed by atoms with Crippen molar-refractivity contribution in [2.24, 2.45) is 0 Å². The molecule has 5 nitrogen and oxygen atoms in total. The van der Waals surface area contributed by atoms with Gasteiger partial charge in [0.05, 0.1) is 7.11 Å². The quantitative estimate of drug-likeness (QED) is 0.827. The van der Waals surface area contributed by atoms with Crippen LogP contribution in [0.3, 0.4) is 0 Å². The minimum Gasteiger partial charge on any atom is -0.493 e. The first kappa shape index (κ1) is 19.0. The van der Waals surface area contributed by atoms with Gasteiger partial charge in [-0.3, -0.25) is 9.69 Å². The summed E-state index contributed by atoms with van der Waals surface area (Å²) >= 11 is 0. The lowest BCUT2D eigenvalue weighted by molar-refractivity contribution is -0.142. The minimum absolute atomic E-state index is 0.0652. The number of aryl methyl sites for hydroxylation is 1. The van der Waals surface area contributed by atoms with Gasteiger partial charge in [-0.25, -0.2) is 0 Å². The van der Waals surface area contributed by atoms with Crippen LogP contribution in [0.25, 0.3) is 0 Å². The summed E-state index contributed by atoms with van der Waals surface area (Å²) in [4.78, 5) is 17.5. The molecule has 5 heteroatoms. The Balaban J connectivity index is 1.71. The maximum absolute atomic E-state index is 13.0. The molecule has 0 N–H and O–H groups in total. The van der Waals surface area contributed by atoms with Gasteiger partial charge in [-0.1, -0.05) is 12.5 Å². The summed E-state index contributed by atoms with van der Waals surface area (Å²) in [7, 11) is 3.83. The van der Waals surface area contributed by atoms with E-state index in [4.69, 9.17) is 9.47 Å². The van der Waals surface area contributed by atoms with E-state index in [-0.39, 0.29) is 24.1 Å². The van der Waals surface area contributed by atoms with E-state index in [1.54, 1.807) is 7.11 Å². The third-order valence-electron chi connectivity index (χ3n) is 6.26. The molecule has 26 heavy (non-hydrogen) atoms. The number of benzene rings is 1. The second kappa shape index (κ2) is 7.87. The number of hydrogen-bond donors (Lipinski definition) is 0. The zero-order chi connectivity index (χ0) is 18.7. The number of piperidine rings is 1. The highest BCUT2D eigenvalue weighted by Gasteiger charge is 2.46. The molecule has 0 saturated carbocycles. The van der Waals surface area contributed by atoms with Gasteiger partial charge in [0.15, 0.2) is 18.1 Å². The Labute approximate surface area is 157 Å². The Kier molecular flexibility index (Phi) is 5.76. The second-order valence-corrected chi connectivity index (χ2v) is 7.92. The summed E-state index contributed by atoms with van der Waals surface area (Å²) in [5.41, 5.74) is 1.18. The summed E-state index contributed by atoms with van der Waals surface area (Å²) in [5.74, 6) is 1.39. The molecule has 2 aliphatic rings. The van der Waals surface area contributed by atoms with Gasteiger partial charge in [-0.15, -0.1) is 0 Å². The maximum atomic E-state index is 13.0. The highest BCUT2D eigenvalue weighted by atomic mass is 16.5. The van der Waals surface area contributed by atoms with Crippen LogP contribution in [0.15, 0.2) is 18.2 Å². The largest absolute Gasteiger partial charge is 0.493 e. The average molecular weight is 360 g/mol. The van der Waals surface area contributed by atoms with Crippen LogP contribution in [-0.2, 0) is 4.79 Å². The second-order valence-electron chi connectivity index (χ2n) is 7.92. The maximum Gasteiger partial charge on any atom is 0.260 e. The predicted octanol–water partition coefficient (Wildman–Crippen LogP) is 3.25. The molecule has 0 unspecified atom stereocenters. The van der Waals surface area contributed by atoms with Crippen LogP contribution in [0.4, 0.5) is 0 Å². The van der Waals surface area contributed by atoms with E-state index in [9.17, 15) is 4.79 Å². The molecule has 2 atom stereocenters. The Morgan fingerprint density at radius 3 is 2.81 bits per heavy atom. The van der Waals surface area contributed by atoms with E-state index < -0.39 is 0 Å². The van der Waals surface area contributed by atoms with Crippen LogP contribution < -0.4 is 9.47 Å². The first-order chi connectivity index (χ1) is 12.5. The third kappa shape index (κ3) is 3.68. The Morgan fingerprint density at radius 1 is 1.23 bits per heavy atom. The number of carbonyl (C=O) groups excluding carboxylic acids is 1. The molecule has 1 amide bonds. The standard InChI is InChI=1S/C21H32N2O3/c1-16-9-10-17(18(14-16)25-4)26-15-20(24)23-13-7-11-21(2)19(23)8-5-6-12-22(21)3/h9-10,14,19H,5-8,11-13,15H2,1-4H3/t19-,21-/m0/s1. The molecule has 1 aromatic carbocycles. The fourth-order valence-corrected chi connectivity index (χ4v) is 4.53. The first-order valence-corrected chi connectivity index (χ1v) is 9.74. The molecule has 2 heterocycles. The number of fused-ring (bicyclic) bond motifs is 1. The van der Waals surface area contributed by atoms with Crippen LogP contribution in [0.2, 0.25) is 0 Å². The number of likely N-dealkylation sites (N-methyl/N-ethyl adjacent to an activating group) is 1. The van der Waals surface area contributed by atoms with Crippen molar-refractivity contribution in [3.8, 4) is 11.5 Å². The van der Waals surface area contributed by atoms with Gasteiger partial charge in [0, 0.05) is 18.1 Å². The van der Waals surface area contributed by atoms with Gasteiger partial charge in [-0.2, -0.15) is 0 Å². The molecule has 0 spiro atoms. The van der Waals surface area contributed by atoms with E-state index >= 15 is 0 Å². The number of methoxy groups -OCH3 is 1. The molecule has 0 radical (unpaired) electrons. The number of rotatable bonds is 4. The summed E-state index contributed by atoms with van der Waals surface area (Å²) < 4.78 is 11.2. The smallest absolute Gasteiger partial charge is 0.260 e. The monoisotopic (exact) mass is 360 g/mol. The predicted molar refractivity (Wildman–Crippen MR) is 103 cm³/mol. The van der Waals surface area contributed by atoms with Crippen molar-refractivity contribution in [2.45, 2.75) is 57.5 Å². The molecule has 2 saturated heterocycles. The van der Waals surface area contributed by atoms with Gasteiger partial charge >= 0.3 is 0 Å². The van der Waals surface area contributed by atoms with Crippen molar-refractivity contribution in [1.82, 2.24) is 9.80 Å². The normalized spacial score (nSPS) is 26.8.